The van der Waals surface area contributed by atoms with Crippen molar-refractivity contribution in [3.63, 3.8) is 0 Å². The molecule has 0 atom stereocenters. The van der Waals surface area contributed by atoms with Crippen LogP contribution in [-0.2, 0) is 22.6 Å². The van der Waals surface area contributed by atoms with Gasteiger partial charge in [-0.15, -0.1) is 0 Å². The summed E-state index contributed by atoms with van der Waals surface area (Å²) in [6, 6.07) is 12.4. The number of carbonyl (C=O) groups is 2. The monoisotopic (exact) mass is 398 g/mol. The summed E-state index contributed by atoms with van der Waals surface area (Å²) >= 11 is 17.9. The van der Waals surface area contributed by atoms with Crippen molar-refractivity contribution in [2.24, 2.45) is 0 Å². The first-order valence-electron chi connectivity index (χ1n) is 7.66. The quantitative estimate of drug-likeness (QED) is 0.691. The van der Waals surface area contributed by atoms with E-state index in [-0.39, 0.29) is 24.8 Å². The van der Waals surface area contributed by atoms with Gasteiger partial charge in [0.2, 0.25) is 11.8 Å². The van der Waals surface area contributed by atoms with Crippen LogP contribution in [0.25, 0.3) is 0 Å². The molecule has 0 aromatic heterocycles. The van der Waals surface area contributed by atoms with Gasteiger partial charge in [-0.2, -0.15) is 0 Å². The summed E-state index contributed by atoms with van der Waals surface area (Å²) in [5.41, 5.74) is 1.69. The molecule has 2 N–H and O–H groups in total. The first-order chi connectivity index (χ1) is 12.0. The summed E-state index contributed by atoms with van der Waals surface area (Å²) in [5.74, 6) is -0.705. The second-order valence-corrected chi connectivity index (χ2v) is 6.63. The Hall–Kier alpha value is -1.75. The highest BCUT2D eigenvalue weighted by atomic mass is 35.5. The molecule has 0 spiro atoms. The van der Waals surface area contributed by atoms with E-state index in [1.54, 1.807) is 18.2 Å². The van der Waals surface area contributed by atoms with Crippen LogP contribution in [0.5, 0.6) is 0 Å². The van der Waals surface area contributed by atoms with E-state index in [0.717, 1.165) is 11.1 Å². The fraction of sp³-hybridized carbons (Fsp3) is 0.222. The lowest BCUT2D eigenvalue weighted by Crippen LogP contribution is -2.32. The Balaban J connectivity index is 1.71. The molecule has 0 aliphatic carbocycles. The van der Waals surface area contributed by atoms with Gasteiger partial charge in [-0.05, 0) is 35.7 Å². The van der Waals surface area contributed by atoms with Crippen LogP contribution in [0, 0.1) is 0 Å². The predicted molar refractivity (Wildman–Crippen MR) is 101 cm³/mol. The van der Waals surface area contributed by atoms with Crippen molar-refractivity contribution >= 4 is 46.6 Å². The Bertz CT molecular complexity index is 766. The van der Waals surface area contributed by atoms with Crippen LogP contribution in [0.2, 0.25) is 15.1 Å². The predicted octanol–water partition coefficient (Wildman–Crippen LogP) is 4.01. The molecule has 0 bridgehead atoms. The van der Waals surface area contributed by atoms with E-state index in [2.05, 4.69) is 10.6 Å². The zero-order chi connectivity index (χ0) is 18.2. The Morgan fingerprint density at radius 1 is 0.840 bits per heavy atom. The van der Waals surface area contributed by atoms with Gasteiger partial charge in [0.15, 0.2) is 0 Å². The lowest BCUT2D eigenvalue weighted by Gasteiger charge is -2.08. The van der Waals surface area contributed by atoms with Crippen molar-refractivity contribution in [1.29, 1.82) is 0 Å². The van der Waals surface area contributed by atoms with E-state index >= 15 is 0 Å². The third-order valence-corrected chi connectivity index (χ3v) is 4.44. The normalized spacial score (nSPS) is 10.4. The molecule has 4 nitrogen and oxygen atoms in total. The van der Waals surface area contributed by atoms with Crippen LogP contribution in [0.3, 0.4) is 0 Å². The summed E-state index contributed by atoms with van der Waals surface area (Å²) < 4.78 is 0. The molecule has 0 aliphatic rings. The van der Waals surface area contributed by atoms with E-state index in [1.807, 2.05) is 24.3 Å². The molecule has 2 aromatic rings. The van der Waals surface area contributed by atoms with Crippen molar-refractivity contribution in [2.45, 2.75) is 19.4 Å². The maximum absolute atomic E-state index is 11.8. The van der Waals surface area contributed by atoms with Gasteiger partial charge in [0.1, 0.15) is 6.42 Å². The molecule has 0 saturated heterocycles. The van der Waals surface area contributed by atoms with Gasteiger partial charge in [0.05, 0.1) is 0 Å². The highest BCUT2D eigenvalue weighted by molar-refractivity contribution is 6.35. The second kappa shape index (κ2) is 9.66. The number of amides is 2. The number of halogens is 3. The Morgan fingerprint density at radius 2 is 1.56 bits per heavy atom. The van der Waals surface area contributed by atoms with E-state index in [4.69, 9.17) is 34.8 Å². The summed E-state index contributed by atoms with van der Waals surface area (Å²) in [4.78, 5) is 23.6. The molecular weight excluding hydrogens is 383 g/mol. The van der Waals surface area contributed by atoms with Gasteiger partial charge >= 0.3 is 0 Å². The molecule has 2 rings (SSSR count). The molecule has 0 unspecified atom stereocenters. The van der Waals surface area contributed by atoms with Crippen LogP contribution in [0.1, 0.15) is 17.5 Å². The molecule has 0 heterocycles. The molecular formula is C18H17Cl3N2O2. The van der Waals surface area contributed by atoms with Crippen LogP contribution < -0.4 is 10.6 Å². The lowest BCUT2D eigenvalue weighted by molar-refractivity contribution is -0.129. The minimum absolute atomic E-state index is 0.237. The van der Waals surface area contributed by atoms with Gasteiger partial charge in [-0.25, -0.2) is 0 Å². The largest absolute Gasteiger partial charge is 0.355 e. The number of hydrogen-bond acceptors (Lipinski definition) is 2. The molecule has 7 heteroatoms. The number of hydrogen-bond donors (Lipinski definition) is 2. The fourth-order valence-corrected chi connectivity index (χ4v) is 2.87. The van der Waals surface area contributed by atoms with E-state index in [1.165, 1.54) is 0 Å². The highest BCUT2D eigenvalue weighted by Gasteiger charge is 2.10. The maximum atomic E-state index is 11.8. The Morgan fingerprint density at radius 3 is 2.28 bits per heavy atom. The van der Waals surface area contributed by atoms with Gasteiger partial charge in [0, 0.05) is 28.2 Å². The summed E-state index contributed by atoms with van der Waals surface area (Å²) in [6.07, 6.45) is 0.321. The van der Waals surface area contributed by atoms with Crippen molar-refractivity contribution in [2.75, 3.05) is 6.54 Å². The van der Waals surface area contributed by atoms with Crippen molar-refractivity contribution in [3.8, 4) is 0 Å². The summed E-state index contributed by atoms with van der Waals surface area (Å²) in [7, 11) is 0. The van der Waals surface area contributed by atoms with Crippen LogP contribution in [0.15, 0.2) is 42.5 Å². The molecule has 2 amide bonds. The third kappa shape index (κ3) is 6.58. The van der Waals surface area contributed by atoms with Crippen molar-refractivity contribution < 1.29 is 9.59 Å². The van der Waals surface area contributed by atoms with Gasteiger partial charge < -0.3 is 10.6 Å². The van der Waals surface area contributed by atoms with Crippen LogP contribution in [0.4, 0.5) is 0 Å². The minimum Gasteiger partial charge on any atom is -0.355 e. The lowest BCUT2D eigenvalue weighted by atomic mass is 10.1. The fourth-order valence-electron chi connectivity index (χ4n) is 2.17. The maximum Gasteiger partial charge on any atom is 0.229 e. The second-order valence-electron chi connectivity index (χ2n) is 5.38. The molecule has 0 saturated carbocycles. The average molecular weight is 400 g/mol. The van der Waals surface area contributed by atoms with Crippen molar-refractivity contribution in [1.82, 2.24) is 10.6 Å². The Kier molecular flexibility index (Phi) is 7.56. The molecule has 2 aromatic carbocycles. The molecule has 0 radical (unpaired) electrons. The molecule has 25 heavy (non-hydrogen) atoms. The minimum atomic E-state index is -0.359. The summed E-state index contributed by atoms with van der Waals surface area (Å²) in [6.45, 7) is 0.671. The smallest absolute Gasteiger partial charge is 0.229 e. The number of carbonyl (C=O) groups excluding carboxylic acids is 2. The van der Waals surface area contributed by atoms with Crippen LogP contribution in [-0.4, -0.2) is 18.4 Å². The standard InChI is InChI=1S/C18H17Cl3N2O2/c19-14-6-5-12(16(21)9-14)7-8-22-17(24)10-18(25)23-11-13-3-1-2-4-15(13)20/h1-6,9H,7-8,10-11H2,(H,22,24)(H,23,25). The van der Waals surface area contributed by atoms with E-state index in [9.17, 15) is 9.59 Å². The summed E-state index contributed by atoms with van der Waals surface area (Å²) in [5, 5.41) is 7.06. The molecule has 0 fully saturated rings. The Labute approximate surface area is 161 Å². The highest BCUT2D eigenvalue weighted by Crippen LogP contribution is 2.21. The average Bonchev–Trinajstić information content (AvgIpc) is 2.56. The van der Waals surface area contributed by atoms with Gasteiger partial charge in [0.25, 0.3) is 0 Å². The first-order valence-corrected chi connectivity index (χ1v) is 8.80. The van der Waals surface area contributed by atoms with Crippen LogP contribution >= 0.6 is 34.8 Å². The number of rotatable bonds is 7. The zero-order valence-corrected chi connectivity index (χ0v) is 15.6. The zero-order valence-electron chi connectivity index (χ0n) is 13.3. The van der Waals surface area contributed by atoms with Gasteiger partial charge in [-0.3, -0.25) is 9.59 Å². The van der Waals surface area contributed by atoms with Crippen molar-refractivity contribution in [3.05, 3.63) is 68.7 Å². The van der Waals surface area contributed by atoms with E-state index < -0.39 is 0 Å². The number of benzene rings is 2. The molecule has 0 aliphatic heterocycles. The third-order valence-electron chi connectivity index (χ3n) is 3.49. The topological polar surface area (TPSA) is 58.2 Å². The van der Waals surface area contributed by atoms with E-state index in [0.29, 0.717) is 28.0 Å². The SMILES string of the molecule is O=C(CC(=O)NCc1ccccc1Cl)NCCc1ccc(Cl)cc1Cl. The first kappa shape index (κ1) is 19.6. The number of nitrogens with one attached hydrogen (secondary N) is 2. The van der Waals surface area contributed by atoms with Gasteiger partial charge in [-0.1, -0.05) is 59.1 Å². The molecule has 132 valence electrons.